The zero-order valence-electron chi connectivity index (χ0n) is 14.8. The van der Waals surface area contributed by atoms with Gasteiger partial charge < -0.3 is 15.7 Å². The maximum Gasteiger partial charge on any atom is 0.254 e. The number of nitrogens with two attached hydrogens (primary N) is 1. The molecule has 1 aliphatic carbocycles. The van der Waals surface area contributed by atoms with Crippen molar-refractivity contribution in [2.75, 3.05) is 13.1 Å². The van der Waals surface area contributed by atoms with Gasteiger partial charge in [-0.3, -0.25) is 4.79 Å². The van der Waals surface area contributed by atoms with Gasteiger partial charge in [0.05, 0.1) is 12.1 Å². The van der Waals surface area contributed by atoms with Crippen LogP contribution in [0.1, 0.15) is 45.9 Å². The van der Waals surface area contributed by atoms with Gasteiger partial charge in [-0.2, -0.15) is 0 Å². The summed E-state index contributed by atoms with van der Waals surface area (Å²) in [6, 6.07) is 13.1. The predicted molar refractivity (Wildman–Crippen MR) is 102 cm³/mol. The number of fused-ring (bicyclic) bond motifs is 2. The van der Waals surface area contributed by atoms with Crippen molar-refractivity contribution in [3.63, 3.8) is 0 Å². The fourth-order valence-electron chi connectivity index (χ4n) is 4.58. The van der Waals surface area contributed by atoms with E-state index in [-0.39, 0.29) is 17.4 Å². The molecule has 2 atom stereocenters. The minimum Gasteiger partial charge on any atom is -0.390 e. The Morgan fingerprint density at radius 1 is 1.23 bits per heavy atom. The van der Waals surface area contributed by atoms with Crippen molar-refractivity contribution in [3.05, 3.63) is 69.7 Å². The van der Waals surface area contributed by atoms with E-state index in [4.69, 9.17) is 17.3 Å². The second kappa shape index (κ2) is 6.38. The first-order valence-corrected chi connectivity index (χ1v) is 9.40. The minimum atomic E-state index is -0.606. The molecule has 1 amide bonds. The lowest BCUT2D eigenvalue weighted by molar-refractivity contribution is 0.0262. The molecule has 2 aromatic rings. The fourth-order valence-corrected chi connectivity index (χ4v) is 4.76. The van der Waals surface area contributed by atoms with Gasteiger partial charge in [0, 0.05) is 29.1 Å². The van der Waals surface area contributed by atoms with E-state index >= 15 is 0 Å². The number of piperidine rings is 1. The van der Waals surface area contributed by atoms with Crippen molar-refractivity contribution in [1.82, 2.24) is 4.90 Å². The lowest BCUT2D eigenvalue weighted by Gasteiger charge is -2.42. The van der Waals surface area contributed by atoms with E-state index in [2.05, 4.69) is 6.07 Å². The molecule has 3 N–H and O–H groups in total. The Labute approximate surface area is 158 Å². The van der Waals surface area contributed by atoms with Crippen LogP contribution in [0.5, 0.6) is 0 Å². The van der Waals surface area contributed by atoms with Crippen molar-refractivity contribution in [1.29, 1.82) is 0 Å². The quantitative estimate of drug-likeness (QED) is 0.810. The number of aliphatic hydroxyl groups is 1. The smallest absolute Gasteiger partial charge is 0.254 e. The SMILES string of the molecule is Cc1ccc(Cl)cc1C(=O)N1CCC2(CC1)c1ccccc1[C@@H](N)[C@@H]2O. The molecule has 4 rings (SSSR count). The second-order valence-electron chi connectivity index (χ2n) is 7.47. The summed E-state index contributed by atoms with van der Waals surface area (Å²) < 4.78 is 0. The third-order valence-corrected chi connectivity index (χ3v) is 6.37. The summed E-state index contributed by atoms with van der Waals surface area (Å²) in [5.74, 6) is 0.00456. The molecule has 0 unspecified atom stereocenters. The van der Waals surface area contributed by atoms with E-state index in [0.29, 0.717) is 36.5 Å². The molecular weight excluding hydrogens is 348 g/mol. The number of hydrogen-bond donors (Lipinski definition) is 2. The van der Waals surface area contributed by atoms with Crippen LogP contribution in [0.25, 0.3) is 0 Å². The van der Waals surface area contributed by atoms with E-state index in [1.807, 2.05) is 36.1 Å². The Hall–Kier alpha value is -1.88. The molecule has 0 aromatic heterocycles. The van der Waals surface area contributed by atoms with Crippen molar-refractivity contribution in [3.8, 4) is 0 Å². The van der Waals surface area contributed by atoms with Crippen LogP contribution in [0.2, 0.25) is 5.02 Å². The third-order valence-electron chi connectivity index (χ3n) is 6.14. The summed E-state index contributed by atoms with van der Waals surface area (Å²) >= 11 is 6.07. The maximum atomic E-state index is 12.9. The third kappa shape index (κ3) is 2.56. The standard InChI is InChI=1S/C21H23ClN2O2/c1-13-6-7-14(22)12-16(13)20(26)24-10-8-21(9-11-24)17-5-3-2-4-15(17)18(23)19(21)25/h2-7,12,18-19,25H,8-11,23H2,1H3/t18-,19+/m1/s1. The molecule has 2 aliphatic rings. The molecule has 1 heterocycles. The predicted octanol–water partition coefficient (Wildman–Crippen LogP) is 3.20. The van der Waals surface area contributed by atoms with Crippen LogP contribution in [0.15, 0.2) is 42.5 Å². The molecule has 2 aromatic carbocycles. The Kier molecular flexibility index (Phi) is 4.30. The van der Waals surface area contributed by atoms with Crippen molar-refractivity contribution in [2.24, 2.45) is 5.73 Å². The van der Waals surface area contributed by atoms with Crippen LogP contribution < -0.4 is 5.73 Å². The van der Waals surface area contributed by atoms with Gasteiger partial charge in [-0.1, -0.05) is 41.9 Å². The van der Waals surface area contributed by atoms with Crippen LogP contribution in [-0.2, 0) is 5.41 Å². The molecule has 1 spiro atoms. The molecule has 4 nitrogen and oxygen atoms in total. The topological polar surface area (TPSA) is 66.6 Å². The Morgan fingerprint density at radius 2 is 1.92 bits per heavy atom. The van der Waals surface area contributed by atoms with Gasteiger partial charge in [0.15, 0.2) is 0 Å². The zero-order valence-corrected chi connectivity index (χ0v) is 15.5. The number of carbonyl (C=O) groups excluding carboxylic acids is 1. The van der Waals surface area contributed by atoms with Crippen LogP contribution in [0, 0.1) is 6.92 Å². The number of amides is 1. The van der Waals surface area contributed by atoms with Crippen LogP contribution in [-0.4, -0.2) is 35.1 Å². The summed E-state index contributed by atoms with van der Waals surface area (Å²) in [4.78, 5) is 14.8. The lowest BCUT2D eigenvalue weighted by Crippen LogP contribution is -2.50. The molecule has 136 valence electrons. The number of aliphatic hydroxyl groups excluding tert-OH is 1. The number of aryl methyl sites for hydroxylation is 1. The number of likely N-dealkylation sites (tertiary alicyclic amines) is 1. The van der Waals surface area contributed by atoms with Crippen molar-refractivity contribution >= 4 is 17.5 Å². The molecule has 1 fully saturated rings. The van der Waals surface area contributed by atoms with Gasteiger partial charge in [-0.15, -0.1) is 0 Å². The van der Waals surface area contributed by atoms with Crippen LogP contribution in [0.4, 0.5) is 0 Å². The molecule has 0 radical (unpaired) electrons. The number of hydrogen-bond acceptors (Lipinski definition) is 3. The highest BCUT2D eigenvalue weighted by atomic mass is 35.5. The highest BCUT2D eigenvalue weighted by Gasteiger charge is 2.51. The highest BCUT2D eigenvalue weighted by molar-refractivity contribution is 6.31. The lowest BCUT2D eigenvalue weighted by atomic mass is 9.72. The van der Waals surface area contributed by atoms with E-state index in [9.17, 15) is 9.90 Å². The first-order valence-electron chi connectivity index (χ1n) is 9.02. The second-order valence-corrected chi connectivity index (χ2v) is 7.90. The van der Waals surface area contributed by atoms with Gasteiger partial charge >= 0.3 is 0 Å². The van der Waals surface area contributed by atoms with Gasteiger partial charge in [0.2, 0.25) is 0 Å². The number of halogens is 1. The normalized spacial score (nSPS) is 23.9. The average Bonchev–Trinajstić information content (AvgIpc) is 2.87. The van der Waals surface area contributed by atoms with Crippen molar-refractivity contribution in [2.45, 2.75) is 37.3 Å². The summed E-state index contributed by atoms with van der Waals surface area (Å²) in [5.41, 5.74) is 9.67. The first-order chi connectivity index (χ1) is 12.4. The largest absolute Gasteiger partial charge is 0.390 e. The first kappa shape index (κ1) is 17.5. The molecule has 5 heteroatoms. The van der Waals surface area contributed by atoms with Gasteiger partial charge in [-0.25, -0.2) is 0 Å². The monoisotopic (exact) mass is 370 g/mol. The van der Waals surface area contributed by atoms with Crippen LogP contribution in [0.3, 0.4) is 0 Å². The van der Waals surface area contributed by atoms with Crippen LogP contribution >= 0.6 is 11.6 Å². The maximum absolute atomic E-state index is 12.9. The molecular formula is C21H23ClN2O2. The Bertz CT molecular complexity index is 859. The highest BCUT2D eigenvalue weighted by Crippen LogP contribution is 2.50. The fraction of sp³-hybridized carbons (Fsp3) is 0.381. The van der Waals surface area contributed by atoms with Gasteiger partial charge in [-0.05, 0) is 48.6 Å². The average molecular weight is 371 g/mol. The minimum absolute atomic E-state index is 0.00456. The molecule has 0 saturated carbocycles. The summed E-state index contributed by atoms with van der Waals surface area (Å²) in [5, 5.41) is 11.4. The molecule has 1 saturated heterocycles. The van der Waals surface area contributed by atoms with E-state index < -0.39 is 6.10 Å². The van der Waals surface area contributed by atoms with E-state index in [1.54, 1.807) is 12.1 Å². The number of rotatable bonds is 1. The van der Waals surface area contributed by atoms with E-state index in [0.717, 1.165) is 16.7 Å². The Balaban J connectivity index is 1.58. The van der Waals surface area contributed by atoms with Gasteiger partial charge in [0.25, 0.3) is 5.91 Å². The number of carbonyl (C=O) groups is 1. The van der Waals surface area contributed by atoms with E-state index in [1.165, 1.54) is 0 Å². The molecule has 1 aliphatic heterocycles. The molecule has 26 heavy (non-hydrogen) atoms. The van der Waals surface area contributed by atoms with Gasteiger partial charge in [0.1, 0.15) is 0 Å². The van der Waals surface area contributed by atoms with Crippen molar-refractivity contribution < 1.29 is 9.90 Å². The summed E-state index contributed by atoms with van der Waals surface area (Å²) in [7, 11) is 0. The summed E-state index contributed by atoms with van der Waals surface area (Å²) in [6.45, 7) is 3.12. The zero-order chi connectivity index (χ0) is 18.5. The Morgan fingerprint density at radius 3 is 2.65 bits per heavy atom. The number of benzene rings is 2. The molecule has 0 bridgehead atoms. The summed E-state index contributed by atoms with van der Waals surface area (Å²) in [6.07, 6.45) is 0.819. The number of nitrogens with zero attached hydrogens (tertiary/aromatic N) is 1.